The van der Waals surface area contributed by atoms with Crippen LogP contribution in [0.3, 0.4) is 0 Å². The Morgan fingerprint density at radius 3 is 2.85 bits per heavy atom. The van der Waals surface area contributed by atoms with Crippen LogP contribution >= 0.6 is 0 Å². The smallest absolute Gasteiger partial charge is 0.241 e. The van der Waals surface area contributed by atoms with Gasteiger partial charge in [0.2, 0.25) is 5.95 Å². The van der Waals surface area contributed by atoms with E-state index in [4.69, 9.17) is 0 Å². The molecule has 0 saturated heterocycles. The zero-order chi connectivity index (χ0) is 18.6. The number of nitrogens with one attached hydrogen (secondary N) is 2. The lowest BCUT2D eigenvalue weighted by Gasteiger charge is -2.45. The summed E-state index contributed by atoms with van der Waals surface area (Å²) in [4.78, 5) is 4.54. The number of benzene rings is 1. The Morgan fingerprint density at radius 2 is 2.04 bits per heavy atom. The molecule has 0 spiro atoms. The third kappa shape index (κ3) is 2.64. The zero-order valence-electron chi connectivity index (χ0n) is 15.6. The van der Waals surface area contributed by atoms with Gasteiger partial charge in [0.1, 0.15) is 5.52 Å². The van der Waals surface area contributed by atoms with Crippen molar-refractivity contribution >= 4 is 22.5 Å². The van der Waals surface area contributed by atoms with Crippen LogP contribution in [-0.2, 0) is 7.05 Å². The van der Waals surface area contributed by atoms with Gasteiger partial charge in [-0.15, -0.1) is 10.2 Å². The second-order valence-electron chi connectivity index (χ2n) is 7.62. The molecule has 1 aromatic carbocycles. The lowest BCUT2D eigenvalue weighted by atomic mass is 9.74. The molecule has 1 fully saturated rings. The van der Waals surface area contributed by atoms with Gasteiger partial charge in [-0.2, -0.15) is 0 Å². The highest BCUT2D eigenvalue weighted by molar-refractivity contribution is 5.87. The highest BCUT2D eigenvalue weighted by Crippen LogP contribution is 2.33. The van der Waals surface area contributed by atoms with Gasteiger partial charge in [0, 0.05) is 30.4 Å². The van der Waals surface area contributed by atoms with E-state index in [2.05, 4.69) is 56.2 Å². The molecule has 3 aromatic heterocycles. The molecule has 4 aromatic rings. The number of aromatic nitrogens is 6. The van der Waals surface area contributed by atoms with Crippen molar-refractivity contribution in [3.05, 3.63) is 36.7 Å². The van der Waals surface area contributed by atoms with E-state index in [1.807, 2.05) is 37.1 Å². The highest BCUT2D eigenvalue weighted by atomic mass is 15.4. The molecule has 1 aliphatic carbocycles. The van der Waals surface area contributed by atoms with Gasteiger partial charge in [0.05, 0.1) is 17.2 Å². The number of hydrogen-bond acceptors (Lipinski definition) is 6. The zero-order valence-corrected chi connectivity index (χ0v) is 15.6. The van der Waals surface area contributed by atoms with Crippen LogP contribution in [0.4, 0.5) is 5.95 Å². The molecule has 0 unspecified atom stereocenters. The summed E-state index contributed by atoms with van der Waals surface area (Å²) in [6.45, 7) is 2.24. The van der Waals surface area contributed by atoms with Crippen molar-refractivity contribution in [3.63, 3.8) is 0 Å². The first kappa shape index (κ1) is 16.2. The van der Waals surface area contributed by atoms with Crippen molar-refractivity contribution in [1.29, 1.82) is 0 Å². The molecule has 0 radical (unpaired) electrons. The van der Waals surface area contributed by atoms with Gasteiger partial charge >= 0.3 is 0 Å². The molecule has 0 bridgehead atoms. The molecule has 8 heteroatoms. The van der Waals surface area contributed by atoms with E-state index in [9.17, 15) is 0 Å². The minimum atomic E-state index is 0.224. The molecule has 138 valence electrons. The molecule has 8 nitrogen and oxygen atoms in total. The highest BCUT2D eigenvalue weighted by Gasteiger charge is 2.39. The van der Waals surface area contributed by atoms with Crippen molar-refractivity contribution in [2.75, 3.05) is 12.4 Å². The summed E-state index contributed by atoms with van der Waals surface area (Å²) in [5, 5.41) is 19.6. The van der Waals surface area contributed by atoms with Crippen LogP contribution in [0.5, 0.6) is 0 Å². The van der Waals surface area contributed by atoms with Gasteiger partial charge in [-0.3, -0.25) is 0 Å². The van der Waals surface area contributed by atoms with E-state index in [0.29, 0.717) is 12.0 Å². The molecule has 0 amide bonds. The average molecular weight is 362 g/mol. The molecular weight excluding hydrogens is 340 g/mol. The van der Waals surface area contributed by atoms with E-state index in [1.165, 1.54) is 0 Å². The lowest BCUT2D eigenvalue weighted by molar-refractivity contribution is 0.201. The van der Waals surface area contributed by atoms with Crippen LogP contribution in [0.2, 0.25) is 0 Å². The monoisotopic (exact) mass is 362 g/mol. The first-order valence-electron chi connectivity index (χ1n) is 9.14. The van der Waals surface area contributed by atoms with Gasteiger partial charge in [-0.1, -0.05) is 11.3 Å². The molecule has 0 aliphatic heterocycles. The molecule has 3 heterocycles. The molecular formula is C19H22N8. The van der Waals surface area contributed by atoms with Crippen molar-refractivity contribution in [2.45, 2.75) is 31.3 Å². The summed E-state index contributed by atoms with van der Waals surface area (Å²) in [5.41, 5.74) is 5.29. The summed E-state index contributed by atoms with van der Waals surface area (Å²) in [6.07, 6.45) is 6.00. The second kappa shape index (κ2) is 5.75. The van der Waals surface area contributed by atoms with E-state index in [-0.39, 0.29) is 5.54 Å². The molecule has 2 N–H and O–H groups in total. The van der Waals surface area contributed by atoms with Gasteiger partial charge < -0.3 is 10.6 Å². The summed E-state index contributed by atoms with van der Waals surface area (Å²) < 4.78 is 3.67. The summed E-state index contributed by atoms with van der Waals surface area (Å²) in [7, 11) is 3.91. The van der Waals surface area contributed by atoms with Gasteiger partial charge in [0.25, 0.3) is 0 Å². The van der Waals surface area contributed by atoms with Crippen molar-refractivity contribution in [2.24, 2.45) is 7.05 Å². The molecule has 27 heavy (non-hydrogen) atoms. The van der Waals surface area contributed by atoms with Crippen LogP contribution in [0, 0.1) is 0 Å². The quantitative estimate of drug-likeness (QED) is 0.579. The van der Waals surface area contributed by atoms with Crippen LogP contribution in [0.15, 0.2) is 36.7 Å². The standard InChI is InChI=1S/C19H22N8/c1-19(20-2)9-13(10-19)22-18-21-11-17-14(6-7-27(17)24-18)12-4-5-15-16(8-12)26(3)25-23-15/h4-8,11,13,20H,9-10H2,1-3H3,(H,22,24). The molecule has 5 rings (SSSR count). The SMILES string of the molecule is CNC1(C)CC(Nc2ncc3c(-c4ccc5nnn(C)c5c4)ccn3n2)C1. The number of fused-ring (bicyclic) bond motifs is 2. The van der Waals surface area contributed by atoms with E-state index in [0.717, 1.165) is 40.5 Å². The minimum Gasteiger partial charge on any atom is -0.350 e. The van der Waals surface area contributed by atoms with Crippen molar-refractivity contribution < 1.29 is 0 Å². The van der Waals surface area contributed by atoms with Gasteiger partial charge in [-0.05, 0) is 50.6 Å². The summed E-state index contributed by atoms with van der Waals surface area (Å²) >= 11 is 0. The van der Waals surface area contributed by atoms with Crippen molar-refractivity contribution in [3.8, 4) is 11.1 Å². The maximum absolute atomic E-state index is 4.63. The first-order valence-corrected chi connectivity index (χ1v) is 9.14. The predicted molar refractivity (Wildman–Crippen MR) is 105 cm³/mol. The van der Waals surface area contributed by atoms with Crippen molar-refractivity contribution in [1.82, 2.24) is 34.9 Å². The van der Waals surface area contributed by atoms with E-state index < -0.39 is 0 Å². The van der Waals surface area contributed by atoms with E-state index >= 15 is 0 Å². The topological polar surface area (TPSA) is 85.0 Å². The minimum absolute atomic E-state index is 0.224. The fourth-order valence-corrected chi connectivity index (χ4v) is 3.93. The van der Waals surface area contributed by atoms with Gasteiger partial charge in [-0.25, -0.2) is 14.2 Å². The van der Waals surface area contributed by atoms with E-state index in [1.54, 1.807) is 4.68 Å². The Labute approximate surface area is 156 Å². The third-order valence-corrected chi connectivity index (χ3v) is 5.67. The summed E-state index contributed by atoms with van der Waals surface area (Å²) in [6, 6.07) is 8.64. The normalized spacial score (nSPS) is 22.3. The number of aryl methyl sites for hydroxylation is 1. The maximum Gasteiger partial charge on any atom is 0.241 e. The number of rotatable bonds is 4. The molecule has 1 aliphatic rings. The Hall–Kier alpha value is -3.00. The van der Waals surface area contributed by atoms with Crippen LogP contribution < -0.4 is 10.6 Å². The predicted octanol–water partition coefficient (Wildman–Crippen LogP) is 2.23. The number of hydrogen-bond donors (Lipinski definition) is 2. The Balaban J connectivity index is 1.44. The van der Waals surface area contributed by atoms with Gasteiger partial charge in [0.15, 0.2) is 0 Å². The lowest BCUT2D eigenvalue weighted by Crippen LogP contribution is -2.56. The Bertz CT molecular complexity index is 1140. The average Bonchev–Trinajstić information content (AvgIpc) is 3.23. The Morgan fingerprint density at radius 1 is 1.19 bits per heavy atom. The van der Waals surface area contributed by atoms with Crippen LogP contribution in [-0.4, -0.2) is 48.2 Å². The summed E-state index contributed by atoms with van der Waals surface area (Å²) in [5.74, 6) is 0.666. The van der Waals surface area contributed by atoms with Crippen LogP contribution in [0.1, 0.15) is 19.8 Å². The molecule has 1 saturated carbocycles. The first-order chi connectivity index (χ1) is 13.0. The fourth-order valence-electron chi connectivity index (χ4n) is 3.93. The Kier molecular flexibility index (Phi) is 3.45. The second-order valence-corrected chi connectivity index (χ2v) is 7.62. The number of anilines is 1. The van der Waals surface area contributed by atoms with Crippen LogP contribution in [0.25, 0.3) is 27.7 Å². The molecule has 0 atom stereocenters. The number of nitrogens with zero attached hydrogens (tertiary/aromatic N) is 6. The largest absolute Gasteiger partial charge is 0.350 e. The fraction of sp³-hybridized carbons (Fsp3) is 0.368. The third-order valence-electron chi connectivity index (χ3n) is 5.67. The maximum atomic E-state index is 4.63.